The van der Waals surface area contributed by atoms with Crippen LogP contribution in [-0.4, -0.2) is 45.7 Å². The largest absolute Gasteiger partial charge is 0.321 e. The Morgan fingerprint density at radius 2 is 2.09 bits per heavy atom. The van der Waals surface area contributed by atoms with Crippen molar-refractivity contribution in [2.45, 2.75) is 32.7 Å². The van der Waals surface area contributed by atoms with Gasteiger partial charge in [-0.2, -0.15) is 5.10 Å². The number of para-hydroxylation sites is 2. The third-order valence-corrected chi connectivity index (χ3v) is 4.15. The molecule has 1 aliphatic heterocycles. The highest BCUT2D eigenvalue weighted by atomic mass is 16.2. The summed E-state index contributed by atoms with van der Waals surface area (Å²) in [4.78, 5) is 18.8. The zero-order valence-electron chi connectivity index (χ0n) is 13.5. The van der Waals surface area contributed by atoms with Crippen LogP contribution >= 0.6 is 0 Å². The fraction of sp³-hybridized carbons (Fsp3) is 0.471. The first kappa shape index (κ1) is 15.7. The van der Waals surface area contributed by atoms with E-state index in [1.54, 1.807) is 6.33 Å². The van der Waals surface area contributed by atoms with E-state index in [2.05, 4.69) is 27.3 Å². The summed E-state index contributed by atoms with van der Waals surface area (Å²) in [5.41, 5.74) is 5.63. The molecule has 0 spiro atoms. The van der Waals surface area contributed by atoms with Crippen molar-refractivity contribution < 1.29 is 4.79 Å². The summed E-state index contributed by atoms with van der Waals surface area (Å²) in [7, 11) is 0. The van der Waals surface area contributed by atoms with Crippen molar-refractivity contribution in [3.8, 4) is 0 Å². The second-order valence-electron chi connectivity index (χ2n) is 5.92. The van der Waals surface area contributed by atoms with E-state index in [9.17, 15) is 4.79 Å². The molecule has 6 nitrogen and oxygen atoms in total. The average Bonchev–Trinajstić information content (AvgIpc) is 2.98. The molecule has 1 fully saturated rings. The van der Waals surface area contributed by atoms with Crippen molar-refractivity contribution in [1.82, 2.24) is 19.9 Å². The number of carbonyl (C=O) groups excluding carboxylic acids is 1. The van der Waals surface area contributed by atoms with Crippen LogP contribution in [0.3, 0.4) is 0 Å². The van der Waals surface area contributed by atoms with Crippen LogP contribution in [0.1, 0.15) is 26.2 Å². The van der Waals surface area contributed by atoms with Gasteiger partial charge in [0.25, 0.3) is 5.91 Å². The number of piperidine rings is 1. The van der Waals surface area contributed by atoms with Gasteiger partial charge in [-0.1, -0.05) is 19.1 Å². The molecule has 1 aromatic heterocycles. The van der Waals surface area contributed by atoms with Crippen LogP contribution < -0.4 is 5.43 Å². The van der Waals surface area contributed by atoms with Gasteiger partial charge in [-0.25, -0.2) is 10.4 Å². The van der Waals surface area contributed by atoms with Crippen LogP contribution in [0, 0.1) is 0 Å². The van der Waals surface area contributed by atoms with Crippen molar-refractivity contribution in [2.75, 3.05) is 19.6 Å². The van der Waals surface area contributed by atoms with E-state index in [1.165, 1.54) is 6.42 Å². The molecular formula is C17H23N5O. The van der Waals surface area contributed by atoms with Gasteiger partial charge in [-0.05, 0) is 25.1 Å². The molecule has 0 bridgehead atoms. The lowest BCUT2D eigenvalue weighted by Crippen LogP contribution is -2.35. The summed E-state index contributed by atoms with van der Waals surface area (Å²) in [6.07, 6.45) is 4.76. The number of benzene rings is 1. The van der Waals surface area contributed by atoms with Crippen LogP contribution in [0.25, 0.3) is 11.0 Å². The lowest BCUT2D eigenvalue weighted by atomic mass is 10.1. The third kappa shape index (κ3) is 3.96. The first-order valence-corrected chi connectivity index (χ1v) is 8.22. The molecule has 3 rings (SSSR count). The lowest BCUT2D eigenvalue weighted by molar-refractivity contribution is -0.121. The minimum absolute atomic E-state index is 0.114. The van der Waals surface area contributed by atoms with Crippen LogP contribution in [0.2, 0.25) is 0 Å². The molecule has 6 heteroatoms. The molecule has 1 aliphatic rings. The van der Waals surface area contributed by atoms with Crippen LogP contribution in [0.4, 0.5) is 0 Å². The molecule has 1 N–H and O–H groups in total. The molecule has 23 heavy (non-hydrogen) atoms. The summed E-state index contributed by atoms with van der Waals surface area (Å²) in [5.74, 6) is -0.114. The highest BCUT2D eigenvalue weighted by Crippen LogP contribution is 2.11. The lowest BCUT2D eigenvalue weighted by Gasteiger charge is -2.26. The smallest absolute Gasteiger partial charge is 0.260 e. The molecule has 2 aromatic rings. The predicted octanol–water partition coefficient (Wildman–Crippen LogP) is 2.01. The van der Waals surface area contributed by atoms with E-state index in [4.69, 9.17) is 0 Å². The van der Waals surface area contributed by atoms with Crippen molar-refractivity contribution >= 4 is 22.7 Å². The van der Waals surface area contributed by atoms with Crippen molar-refractivity contribution in [3.63, 3.8) is 0 Å². The van der Waals surface area contributed by atoms with Gasteiger partial charge < -0.3 is 9.47 Å². The Hall–Kier alpha value is -2.21. The van der Waals surface area contributed by atoms with Crippen LogP contribution in [0.15, 0.2) is 35.7 Å². The van der Waals surface area contributed by atoms with Crippen LogP contribution in [-0.2, 0) is 11.3 Å². The number of amides is 1. The number of imidazole rings is 1. The van der Waals surface area contributed by atoms with Gasteiger partial charge >= 0.3 is 0 Å². The zero-order chi connectivity index (χ0) is 16.1. The number of aromatic nitrogens is 2. The Morgan fingerprint density at radius 1 is 1.30 bits per heavy atom. The topological polar surface area (TPSA) is 62.5 Å². The van der Waals surface area contributed by atoms with E-state index in [0.717, 1.165) is 49.2 Å². The number of hydrogen-bond donors (Lipinski definition) is 1. The van der Waals surface area contributed by atoms with Gasteiger partial charge in [-0.3, -0.25) is 4.79 Å². The molecule has 122 valence electrons. The maximum Gasteiger partial charge on any atom is 0.260 e. The molecule has 0 saturated carbocycles. The summed E-state index contributed by atoms with van der Waals surface area (Å²) < 4.78 is 1.84. The summed E-state index contributed by atoms with van der Waals surface area (Å²) in [6, 6.07) is 7.79. The monoisotopic (exact) mass is 313 g/mol. The number of rotatable bonds is 5. The molecule has 2 heterocycles. The number of nitrogens with zero attached hydrogens (tertiary/aromatic N) is 4. The Balaban J connectivity index is 1.53. The number of carbonyl (C=O) groups is 1. The fourth-order valence-corrected chi connectivity index (χ4v) is 2.93. The average molecular weight is 313 g/mol. The van der Waals surface area contributed by atoms with Gasteiger partial charge in [0, 0.05) is 31.6 Å². The van der Waals surface area contributed by atoms with E-state index < -0.39 is 0 Å². The Morgan fingerprint density at radius 3 is 2.87 bits per heavy atom. The van der Waals surface area contributed by atoms with E-state index in [-0.39, 0.29) is 12.5 Å². The Bertz CT molecular complexity index is 696. The molecule has 1 aromatic carbocycles. The quantitative estimate of drug-likeness (QED) is 0.859. The number of likely N-dealkylation sites (tertiary alicyclic amines) is 1. The zero-order valence-corrected chi connectivity index (χ0v) is 13.5. The molecular weight excluding hydrogens is 290 g/mol. The summed E-state index contributed by atoms with van der Waals surface area (Å²) in [6.45, 7) is 5.65. The Labute approximate surface area is 136 Å². The highest BCUT2D eigenvalue weighted by molar-refractivity contribution is 5.87. The van der Waals surface area contributed by atoms with Gasteiger partial charge in [0.05, 0.1) is 17.4 Å². The molecule has 0 radical (unpaired) electrons. The Kier molecular flexibility index (Phi) is 5.02. The number of hydrazone groups is 1. The van der Waals surface area contributed by atoms with E-state index in [1.807, 2.05) is 28.8 Å². The minimum atomic E-state index is -0.114. The van der Waals surface area contributed by atoms with E-state index in [0.29, 0.717) is 0 Å². The van der Waals surface area contributed by atoms with E-state index >= 15 is 0 Å². The first-order chi connectivity index (χ1) is 11.3. The molecule has 0 aliphatic carbocycles. The molecule has 0 unspecified atom stereocenters. The molecule has 0 atom stereocenters. The molecule has 1 saturated heterocycles. The number of fused-ring (bicyclic) bond motifs is 1. The predicted molar refractivity (Wildman–Crippen MR) is 91.3 cm³/mol. The van der Waals surface area contributed by atoms with Crippen LogP contribution in [0.5, 0.6) is 0 Å². The van der Waals surface area contributed by atoms with Gasteiger partial charge in [0.15, 0.2) is 0 Å². The maximum atomic E-state index is 12.1. The maximum absolute atomic E-state index is 12.1. The normalized spacial score (nSPS) is 15.8. The van der Waals surface area contributed by atoms with Crippen molar-refractivity contribution in [3.05, 3.63) is 30.6 Å². The standard InChI is InChI=1S/C17H23N5O/c1-2-9-21-10-7-14(8-11-21)19-20-17(23)12-22-13-18-15-5-3-4-6-16(15)22/h3-6,13H,2,7-12H2,1H3,(H,20,23). The SMILES string of the molecule is CCCN1CCC(=NNC(=O)Cn2cnc3ccccc32)CC1. The fourth-order valence-electron chi connectivity index (χ4n) is 2.93. The summed E-state index contributed by atoms with van der Waals surface area (Å²) in [5, 5.41) is 4.29. The number of nitrogens with one attached hydrogen (secondary N) is 1. The second kappa shape index (κ2) is 7.37. The molecule has 1 amide bonds. The van der Waals surface area contributed by atoms with Crippen molar-refractivity contribution in [2.24, 2.45) is 5.10 Å². The van der Waals surface area contributed by atoms with Gasteiger partial charge in [-0.15, -0.1) is 0 Å². The minimum Gasteiger partial charge on any atom is -0.321 e. The number of hydrogen-bond acceptors (Lipinski definition) is 4. The highest BCUT2D eigenvalue weighted by Gasteiger charge is 2.14. The first-order valence-electron chi connectivity index (χ1n) is 8.22. The van der Waals surface area contributed by atoms with Crippen molar-refractivity contribution in [1.29, 1.82) is 0 Å². The summed E-state index contributed by atoms with van der Waals surface area (Å²) >= 11 is 0. The second-order valence-corrected chi connectivity index (χ2v) is 5.92. The third-order valence-electron chi connectivity index (χ3n) is 4.15. The van der Waals surface area contributed by atoms with Gasteiger partial charge in [0.2, 0.25) is 0 Å². The van der Waals surface area contributed by atoms with Gasteiger partial charge in [0.1, 0.15) is 6.54 Å².